The van der Waals surface area contributed by atoms with Gasteiger partial charge in [0.25, 0.3) is 0 Å². The van der Waals surface area contributed by atoms with Crippen LogP contribution in [0, 0.1) is 6.92 Å². The van der Waals surface area contributed by atoms with E-state index in [1.807, 2.05) is 36.4 Å². The van der Waals surface area contributed by atoms with Gasteiger partial charge < -0.3 is 9.52 Å². The molecule has 0 bridgehead atoms. The van der Waals surface area contributed by atoms with Crippen LogP contribution in [0.5, 0.6) is 0 Å². The second-order valence-electron chi connectivity index (χ2n) is 5.66. The molecule has 4 nitrogen and oxygen atoms in total. The summed E-state index contributed by atoms with van der Waals surface area (Å²) in [5.41, 5.74) is 4.31. The maximum absolute atomic E-state index is 10.6. The predicted octanol–water partition coefficient (Wildman–Crippen LogP) is 3.09. The molecule has 1 aliphatic rings. The summed E-state index contributed by atoms with van der Waals surface area (Å²) >= 11 is 0. The lowest BCUT2D eigenvalue weighted by molar-refractivity contribution is 0.169. The number of aliphatic hydroxyl groups is 1. The Bertz CT molecular complexity index is 825. The molecule has 4 rings (SSSR count). The molecule has 0 saturated heterocycles. The molecule has 1 N–H and O–H groups in total. The van der Waals surface area contributed by atoms with Crippen molar-refractivity contribution < 1.29 is 9.52 Å². The lowest BCUT2D eigenvalue weighted by Crippen LogP contribution is -2.15. The highest BCUT2D eigenvalue weighted by molar-refractivity contribution is 5.62. The van der Waals surface area contributed by atoms with Gasteiger partial charge in [-0.2, -0.15) is 0 Å². The molecule has 0 fully saturated rings. The first-order valence-electron chi connectivity index (χ1n) is 7.39. The van der Waals surface area contributed by atoms with E-state index in [-0.39, 0.29) is 5.92 Å². The molecule has 4 heteroatoms. The van der Waals surface area contributed by atoms with E-state index < -0.39 is 6.10 Å². The SMILES string of the molecule is Cc1nnc(-c2ccccc2[C@H]2c3ccccc3C[C@@H]2O)o1. The Morgan fingerprint density at radius 2 is 1.73 bits per heavy atom. The van der Waals surface area contributed by atoms with Crippen molar-refractivity contribution in [2.75, 3.05) is 0 Å². The van der Waals surface area contributed by atoms with Gasteiger partial charge >= 0.3 is 0 Å². The molecule has 1 heterocycles. The van der Waals surface area contributed by atoms with Crippen LogP contribution in [0.15, 0.2) is 52.9 Å². The maximum Gasteiger partial charge on any atom is 0.248 e. The molecular weight excluding hydrogens is 276 g/mol. The molecule has 1 aromatic heterocycles. The van der Waals surface area contributed by atoms with E-state index in [4.69, 9.17) is 4.42 Å². The number of aromatic nitrogens is 2. The van der Waals surface area contributed by atoms with Crippen LogP contribution in [-0.2, 0) is 6.42 Å². The highest BCUT2D eigenvalue weighted by Crippen LogP contribution is 2.41. The van der Waals surface area contributed by atoms with E-state index in [2.05, 4.69) is 22.3 Å². The summed E-state index contributed by atoms with van der Waals surface area (Å²) in [4.78, 5) is 0. The number of benzene rings is 2. The molecule has 0 saturated carbocycles. The van der Waals surface area contributed by atoms with E-state index in [9.17, 15) is 5.11 Å². The van der Waals surface area contributed by atoms with Gasteiger partial charge in [0, 0.05) is 18.4 Å². The smallest absolute Gasteiger partial charge is 0.248 e. The molecule has 0 unspecified atom stereocenters. The van der Waals surface area contributed by atoms with Gasteiger partial charge in [-0.15, -0.1) is 10.2 Å². The van der Waals surface area contributed by atoms with Crippen LogP contribution in [0.25, 0.3) is 11.5 Å². The van der Waals surface area contributed by atoms with Gasteiger partial charge in [0.2, 0.25) is 11.8 Å². The largest absolute Gasteiger partial charge is 0.421 e. The van der Waals surface area contributed by atoms with Gasteiger partial charge in [0.1, 0.15) is 0 Å². The van der Waals surface area contributed by atoms with Crippen LogP contribution >= 0.6 is 0 Å². The second kappa shape index (κ2) is 5.07. The molecule has 3 aromatic rings. The Balaban J connectivity index is 1.87. The summed E-state index contributed by atoms with van der Waals surface area (Å²) < 4.78 is 5.59. The van der Waals surface area contributed by atoms with E-state index in [0.717, 1.165) is 11.1 Å². The van der Waals surface area contributed by atoms with Crippen molar-refractivity contribution in [1.82, 2.24) is 10.2 Å². The van der Waals surface area contributed by atoms with Crippen molar-refractivity contribution >= 4 is 0 Å². The maximum atomic E-state index is 10.6. The quantitative estimate of drug-likeness (QED) is 0.788. The Hall–Kier alpha value is -2.46. The van der Waals surface area contributed by atoms with Crippen molar-refractivity contribution in [3.63, 3.8) is 0 Å². The number of fused-ring (bicyclic) bond motifs is 1. The van der Waals surface area contributed by atoms with Crippen molar-refractivity contribution in [3.8, 4) is 11.5 Å². The minimum absolute atomic E-state index is 0.0559. The molecule has 0 radical (unpaired) electrons. The fourth-order valence-electron chi connectivity index (χ4n) is 3.32. The minimum Gasteiger partial charge on any atom is -0.421 e. The molecule has 2 atom stereocenters. The average Bonchev–Trinajstić information content (AvgIpc) is 3.10. The van der Waals surface area contributed by atoms with Crippen molar-refractivity contribution in [2.24, 2.45) is 0 Å². The summed E-state index contributed by atoms with van der Waals surface area (Å²) in [6.45, 7) is 1.78. The molecular formula is C18H16N2O2. The van der Waals surface area contributed by atoms with Crippen molar-refractivity contribution in [3.05, 3.63) is 71.1 Å². The zero-order valence-electron chi connectivity index (χ0n) is 12.2. The number of aryl methyl sites for hydroxylation is 1. The van der Waals surface area contributed by atoms with Gasteiger partial charge in [0.15, 0.2) is 0 Å². The fourth-order valence-corrected chi connectivity index (χ4v) is 3.32. The molecule has 0 aliphatic heterocycles. The van der Waals surface area contributed by atoms with Crippen LogP contribution in [0.3, 0.4) is 0 Å². The third-order valence-electron chi connectivity index (χ3n) is 4.26. The first kappa shape index (κ1) is 13.2. The number of hydrogen-bond donors (Lipinski definition) is 1. The second-order valence-corrected chi connectivity index (χ2v) is 5.66. The Morgan fingerprint density at radius 1 is 1.00 bits per heavy atom. The highest BCUT2D eigenvalue weighted by Gasteiger charge is 2.34. The van der Waals surface area contributed by atoms with Gasteiger partial charge in [0.05, 0.1) is 6.10 Å². The molecule has 0 spiro atoms. The van der Waals surface area contributed by atoms with Crippen molar-refractivity contribution in [2.45, 2.75) is 25.4 Å². The standard InChI is InChI=1S/C18H16N2O2/c1-11-19-20-18(22-11)15-9-5-4-8-14(15)17-13-7-3-2-6-12(13)10-16(17)21/h2-9,16-17,21H,10H2,1H3/t16-,17+/m0/s1. The minimum atomic E-state index is -0.428. The number of rotatable bonds is 2. The molecule has 22 heavy (non-hydrogen) atoms. The first-order chi connectivity index (χ1) is 10.7. The third kappa shape index (κ3) is 2.04. The molecule has 110 valence electrons. The topological polar surface area (TPSA) is 59.2 Å². The zero-order valence-corrected chi connectivity index (χ0v) is 12.2. The fraction of sp³-hybridized carbons (Fsp3) is 0.222. The summed E-state index contributed by atoms with van der Waals surface area (Å²) in [5.74, 6) is 0.987. The molecule has 1 aliphatic carbocycles. The normalized spacial score (nSPS) is 20.1. The highest BCUT2D eigenvalue weighted by atomic mass is 16.4. The third-order valence-corrected chi connectivity index (χ3v) is 4.26. The van der Waals surface area contributed by atoms with E-state index in [1.165, 1.54) is 11.1 Å². The van der Waals surface area contributed by atoms with Gasteiger partial charge in [-0.05, 0) is 29.2 Å². The van der Waals surface area contributed by atoms with Crippen LogP contribution in [0.4, 0.5) is 0 Å². The molecule has 0 amide bonds. The number of hydrogen-bond acceptors (Lipinski definition) is 4. The van der Waals surface area contributed by atoms with Gasteiger partial charge in [-0.3, -0.25) is 0 Å². The van der Waals surface area contributed by atoms with Crippen LogP contribution in [0.2, 0.25) is 0 Å². The number of nitrogens with zero attached hydrogens (tertiary/aromatic N) is 2. The predicted molar refractivity (Wildman–Crippen MR) is 82.5 cm³/mol. The van der Waals surface area contributed by atoms with E-state index in [0.29, 0.717) is 18.2 Å². The summed E-state index contributed by atoms with van der Waals surface area (Å²) in [6.07, 6.45) is 0.250. The first-order valence-corrected chi connectivity index (χ1v) is 7.39. The van der Waals surface area contributed by atoms with Gasteiger partial charge in [-0.1, -0.05) is 42.5 Å². The molecule has 2 aromatic carbocycles. The summed E-state index contributed by atoms with van der Waals surface area (Å²) in [7, 11) is 0. The van der Waals surface area contributed by atoms with Crippen LogP contribution < -0.4 is 0 Å². The zero-order chi connectivity index (χ0) is 15.1. The lowest BCUT2D eigenvalue weighted by atomic mass is 9.88. The Kier molecular flexibility index (Phi) is 3.05. The summed E-state index contributed by atoms with van der Waals surface area (Å²) in [6, 6.07) is 16.1. The monoisotopic (exact) mass is 292 g/mol. The Morgan fingerprint density at radius 3 is 2.50 bits per heavy atom. The lowest BCUT2D eigenvalue weighted by Gasteiger charge is -2.18. The van der Waals surface area contributed by atoms with Crippen LogP contribution in [-0.4, -0.2) is 21.4 Å². The van der Waals surface area contributed by atoms with Crippen molar-refractivity contribution in [1.29, 1.82) is 0 Å². The van der Waals surface area contributed by atoms with Gasteiger partial charge in [-0.25, -0.2) is 0 Å². The van der Waals surface area contributed by atoms with E-state index in [1.54, 1.807) is 6.92 Å². The average molecular weight is 292 g/mol. The van der Waals surface area contributed by atoms with E-state index >= 15 is 0 Å². The Labute approximate surface area is 128 Å². The van der Waals surface area contributed by atoms with Crippen LogP contribution in [0.1, 0.15) is 28.5 Å². The number of aliphatic hydroxyl groups excluding tert-OH is 1. The summed E-state index contributed by atoms with van der Waals surface area (Å²) in [5, 5.41) is 18.6.